The number of aromatic amines is 1. The fraction of sp³-hybridized carbons (Fsp3) is 0.529. The molecule has 7 nitrogen and oxygen atoms in total. The summed E-state index contributed by atoms with van der Waals surface area (Å²) in [5.41, 5.74) is 2.81. The fourth-order valence-electron chi connectivity index (χ4n) is 2.97. The quantitative estimate of drug-likeness (QED) is 0.931. The molecular weight excluding hydrogens is 306 g/mol. The van der Waals surface area contributed by atoms with Crippen molar-refractivity contribution in [2.24, 2.45) is 4.99 Å². The second-order valence-electron chi connectivity index (χ2n) is 6.44. The van der Waals surface area contributed by atoms with E-state index in [1.54, 1.807) is 6.20 Å². The van der Waals surface area contributed by atoms with Crippen molar-refractivity contribution in [2.75, 3.05) is 13.2 Å². The zero-order chi connectivity index (χ0) is 16.5. The van der Waals surface area contributed by atoms with E-state index >= 15 is 0 Å². The molecule has 126 valence electrons. The van der Waals surface area contributed by atoms with Gasteiger partial charge in [-0.1, -0.05) is 13.8 Å². The number of hydrogen-bond donors (Lipinski definition) is 1. The normalized spacial score (nSPS) is 17.9. The van der Waals surface area contributed by atoms with Gasteiger partial charge in [0.05, 0.1) is 25.3 Å². The molecule has 7 heteroatoms. The summed E-state index contributed by atoms with van der Waals surface area (Å²) in [4.78, 5) is 13.7. The number of H-pyrrole nitrogens is 1. The second kappa shape index (κ2) is 6.32. The summed E-state index contributed by atoms with van der Waals surface area (Å²) in [6.45, 7) is 6.24. The van der Waals surface area contributed by atoms with Gasteiger partial charge in [0, 0.05) is 25.0 Å². The second-order valence-corrected chi connectivity index (χ2v) is 6.44. The Morgan fingerprint density at radius 2 is 2.12 bits per heavy atom. The lowest BCUT2D eigenvalue weighted by Gasteiger charge is -2.23. The molecule has 0 saturated carbocycles. The van der Waals surface area contributed by atoms with E-state index in [-0.39, 0.29) is 6.10 Å². The third-order valence-corrected chi connectivity index (χ3v) is 4.35. The average Bonchev–Trinajstić information content (AvgIpc) is 3.23. The molecule has 1 fully saturated rings. The van der Waals surface area contributed by atoms with Crippen LogP contribution < -0.4 is 4.74 Å². The Balaban J connectivity index is 1.65. The van der Waals surface area contributed by atoms with Crippen LogP contribution in [0.2, 0.25) is 0 Å². The molecule has 1 saturated heterocycles. The first-order chi connectivity index (χ1) is 11.7. The minimum Gasteiger partial charge on any atom is -0.474 e. The maximum atomic E-state index is 6.17. The Hall–Kier alpha value is -2.28. The largest absolute Gasteiger partial charge is 0.474 e. The van der Waals surface area contributed by atoms with Gasteiger partial charge in [0.1, 0.15) is 17.6 Å². The molecule has 4 rings (SSSR count). The first kappa shape index (κ1) is 15.3. The van der Waals surface area contributed by atoms with Crippen molar-refractivity contribution in [3.05, 3.63) is 35.0 Å². The smallest absolute Gasteiger partial charge is 0.223 e. The molecular formula is C17H21N5O2. The van der Waals surface area contributed by atoms with Crippen LogP contribution in [0.4, 0.5) is 0 Å². The number of aliphatic imine (C=N–C) groups is 1. The number of fused-ring (bicyclic) bond motifs is 1. The number of nitrogens with zero attached hydrogens (tertiary/aromatic N) is 4. The van der Waals surface area contributed by atoms with Crippen LogP contribution in [0.3, 0.4) is 0 Å². The Morgan fingerprint density at radius 1 is 1.29 bits per heavy atom. The molecule has 24 heavy (non-hydrogen) atoms. The number of rotatable bonds is 4. The highest BCUT2D eigenvalue weighted by molar-refractivity contribution is 6.14. The standard InChI is InChI=1S/C17H21N5O2/c1-10(2)15-20-16(22-21-15)14-13-11(9-19-14)3-6-18-17(13)24-12-4-7-23-8-5-12/h3,6,10,12H,4-5,7-9H2,1-2H3,(H,20,21,22). The lowest BCUT2D eigenvalue weighted by molar-refractivity contribution is 0.0236. The molecule has 0 aliphatic carbocycles. The van der Waals surface area contributed by atoms with Crippen LogP contribution in [-0.4, -0.2) is 45.2 Å². The zero-order valence-electron chi connectivity index (χ0n) is 14.0. The molecule has 0 aromatic carbocycles. The van der Waals surface area contributed by atoms with Crippen LogP contribution in [0, 0.1) is 0 Å². The van der Waals surface area contributed by atoms with E-state index < -0.39 is 0 Å². The van der Waals surface area contributed by atoms with E-state index in [1.807, 2.05) is 6.07 Å². The van der Waals surface area contributed by atoms with Crippen LogP contribution in [0.1, 0.15) is 55.4 Å². The van der Waals surface area contributed by atoms with Gasteiger partial charge >= 0.3 is 0 Å². The van der Waals surface area contributed by atoms with Crippen LogP contribution in [0.15, 0.2) is 17.3 Å². The van der Waals surface area contributed by atoms with Crippen LogP contribution in [0.25, 0.3) is 0 Å². The predicted molar refractivity (Wildman–Crippen MR) is 88.5 cm³/mol. The third-order valence-electron chi connectivity index (χ3n) is 4.35. The van der Waals surface area contributed by atoms with Gasteiger partial charge in [-0.2, -0.15) is 5.10 Å². The van der Waals surface area contributed by atoms with Crippen molar-refractivity contribution in [3.63, 3.8) is 0 Å². The van der Waals surface area contributed by atoms with Gasteiger partial charge in [0.2, 0.25) is 5.88 Å². The summed E-state index contributed by atoms with van der Waals surface area (Å²) in [5, 5.41) is 7.33. The molecule has 1 N–H and O–H groups in total. The van der Waals surface area contributed by atoms with Gasteiger partial charge in [-0.25, -0.2) is 9.97 Å². The van der Waals surface area contributed by atoms with Gasteiger partial charge < -0.3 is 9.47 Å². The number of hydrogen-bond acceptors (Lipinski definition) is 6. The molecule has 0 unspecified atom stereocenters. The topological polar surface area (TPSA) is 85.3 Å². The van der Waals surface area contributed by atoms with Crippen molar-refractivity contribution >= 4 is 5.71 Å². The molecule has 2 aromatic rings. The molecule has 4 heterocycles. The number of nitrogens with one attached hydrogen (secondary N) is 1. The number of ether oxygens (including phenoxy) is 2. The summed E-state index contributed by atoms with van der Waals surface area (Å²) >= 11 is 0. The maximum Gasteiger partial charge on any atom is 0.223 e. The lowest BCUT2D eigenvalue weighted by atomic mass is 10.1. The molecule has 2 aromatic heterocycles. The van der Waals surface area contributed by atoms with E-state index in [9.17, 15) is 0 Å². The summed E-state index contributed by atoms with van der Waals surface area (Å²) in [5.74, 6) is 2.39. The van der Waals surface area contributed by atoms with Gasteiger partial charge in [-0.15, -0.1) is 0 Å². The Kier molecular flexibility index (Phi) is 4.02. The monoisotopic (exact) mass is 327 g/mol. The first-order valence-electron chi connectivity index (χ1n) is 8.42. The van der Waals surface area contributed by atoms with Gasteiger partial charge in [-0.05, 0) is 11.6 Å². The molecule has 2 aliphatic rings. The molecule has 0 amide bonds. The molecule has 0 bridgehead atoms. The highest BCUT2D eigenvalue weighted by atomic mass is 16.5. The fourth-order valence-corrected chi connectivity index (χ4v) is 2.97. The van der Waals surface area contributed by atoms with Gasteiger partial charge in [-0.3, -0.25) is 10.1 Å². The minimum absolute atomic E-state index is 0.137. The number of pyridine rings is 1. The van der Waals surface area contributed by atoms with Crippen LogP contribution >= 0.6 is 0 Å². The van der Waals surface area contributed by atoms with E-state index in [2.05, 4.69) is 39.0 Å². The molecule has 0 atom stereocenters. The SMILES string of the molecule is CC(C)c1nc(C2=NCc3ccnc(OC4CCOCC4)c32)n[nH]1. The zero-order valence-corrected chi connectivity index (χ0v) is 14.0. The van der Waals surface area contributed by atoms with Crippen LogP contribution in [-0.2, 0) is 11.3 Å². The molecule has 0 radical (unpaired) electrons. The Labute approximate surface area is 140 Å². The summed E-state index contributed by atoms with van der Waals surface area (Å²) in [7, 11) is 0. The van der Waals surface area contributed by atoms with Crippen molar-refractivity contribution in [1.82, 2.24) is 20.2 Å². The van der Waals surface area contributed by atoms with Crippen molar-refractivity contribution in [3.8, 4) is 5.88 Å². The summed E-state index contributed by atoms with van der Waals surface area (Å²) in [6, 6.07) is 1.98. The highest BCUT2D eigenvalue weighted by Crippen LogP contribution is 2.30. The average molecular weight is 327 g/mol. The van der Waals surface area contributed by atoms with E-state index in [1.165, 1.54) is 0 Å². The van der Waals surface area contributed by atoms with Gasteiger partial charge in [0.15, 0.2) is 5.82 Å². The number of aromatic nitrogens is 4. The van der Waals surface area contributed by atoms with Gasteiger partial charge in [0.25, 0.3) is 0 Å². The Bertz CT molecular complexity index is 762. The lowest BCUT2D eigenvalue weighted by Crippen LogP contribution is -2.27. The van der Waals surface area contributed by atoms with Crippen LogP contribution in [0.5, 0.6) is 5.88 Å². The molecule has 2 aliphatic heterocycles. The Morgan fingerprint density at radius 3 is 2.88 bits per heavy atom. The predicted octanol–water partition coefficient (Wildman–Crippen LogP) is 2.23. The van der Waals surface area contributed by atoms with E-state index in [4.69, 9.17) is 9.47 Å². The highest BCUT2D eigenvalue weighted by Gasteiger charge is 2.28. The third kappa shape index (κ3) is 2.80. The maximum absolute atomic E-state index is 6.17. The minimum atomic E-state index is 0.137. The van der Waals surface area contributed by atoms with Crippen molar-refractivity contribution < 1.29 is 9.47 Å². The van der Waals surface area contributed by atoms with Crippen molar-refractivity contribution in [1.29, 1.82) is 0 Å². The molecule has 0 spiro atoms. The van der Waals surface area contributed by atoms with E-state index in [0.717, 1.165) is 48.7 Å². The first-order valence-corrected chi connectivity index (χ1v) is 8.42. The van der Waals surface area contributed by atoms with E-state index in [0.29, 0.717) is 24.2 Å². The van der Waals surface area contributed by atoms with Crippen molar-refractivity contribution in [2.45, 2.75) is 45.3 Å². The summed E-state index contributed by atoms with van der Waals surface area (Å²) in [6.07, 6.45) is 3.69. The summed E-state index contributed by atoms with van der Waals surface area (Å²) < 4.78 is 11.6.